The van der Waals surface area contributed by atoms with Crippen molar-refractivity contribution in [3.8, 4) is 0 Å². The lowest BCUT2D eigenvalue weighted by atomic mass is 9.91. The highest BCUT2D eigenvalue weighted by Gasteiger charge is 2.51. The lowest BCUT2D eigenvalue weighted by molar-refractivity contribution is -0.153. The minimum Gasteiger partial charge on any atom is -0.467 e. The molecule has 122 valence electrons. The van der Waals surface area contributed by atoms with Gasteiger partial charge >= 0.3 is 12.1 Å². The van der Waals surface area contributed by atoms with Crippen molar-refractivity contribution in [1.29, 1.82) is 0 Å². The molecule has 1 amide bonds. The molecule has 0 aliphatic carbocycles. The smallest absolute Gasteiger partial charge is 0.411 e. The van der Waals surface area contributed by atoms with Gasteiger partial charge in [0.15, 0.2) is 0 Å². The Bertz CT molecular complexity index is 380. The number of hydrogen-bond acceptors (Lipinski definition) is 5. The highest BCUT2D eigenvalue weighted by molar-refractivity contribution is 7.98. The van der Waals surface area contributed by atoms with Gasteiger partial charge in [-0.05, 0) is 58.5 Å². The van der Waals surface area contributed by atoms with E-state index < -0.39 is 17.2 Å². The number of amides is 1. The molecule has 6 heteroatoms. The second-order valence-electron chi connectivity index (χ2n) is 6.36. The van der Waals surface area contributed by atoms with Gasteiger partial charge in [0.1, 0.15) is 11.1 Å². The highest BCUT2D eigenvalue weighted by atomic mass is 32.2. The van der Waals surface area contributed by atoms with Crippen molar-refractivity contribution in [2.24, 2.45) is 0 Å². The third kappa shape index (κ3) is 4.53. The number of thioether (sulfide) groups is 1. The van der Waals surface area contributed by atoms with Crippen molar-refractivity contribution in [3.63, 3.8) is 0 Å². The minimum atomic E-state index is -0.854. The molecule has 1 unspecified atom stereocenters. The van der Waals surface area contributed by atoms with E-state index in [4.69, 9.17) is 9.47 Å². The Labute approximate surface area is 131 Å². The molecule has 1 rings (SSSR count). The summed E-state index contributed by atoms with van der Waals surface area (Å²) in [4.78, 5) is 26.3. The van der Waals surface area contributed by atoms with Crippen molar-refractivity contribution < 1.29 is 19.1 Å². The fourth-order valence-electron chi connectivity index (χ4n) is 2.73. The molecule has 1 atom stereocenters. The number of carbonyl (C=O) groups is 2. The van der Waals surface area contributed by atoms with E-state index in [1.807, 2.05) is 27.0 Å². The lowest BCUT2D eigenvalue weighted by Crippen LogP contribution is -2.54. The Morgan fingerprint density at radius 1 is 1.33 bits per heavy atom. The average molecular weight is 317 g/mol. The SMILES string of the molecule is COC(=O)C1(CCCSC)CCCN1C(=O)OC(C)(C)C. The van der Waals surface area contributed by atoms with Crippen molar-refractivity contribution >= 4 is 23.8 Å². The third-order valence-corrected chi connectivity index (χ3v) is 4.30. The van der Waals surface area contributed by atoms with Crippen molar-refractivity contribution in [2.45, 2.75) is 57.6 Å². The Morgan fingerprint density at radius 3 is 2.52 bits per heavy atom. The lowest BCUT2D eigenvalue weighted by Gasteiger charge is -2.36. The molecule has 0 N–H and O–H groups in total. The van der Waals surface area contributed by atoms with E-state index in [9.17, 15) is 9.59 Å². The largest absolute Gasteiger partial charge is 0.467 e. The average Bonchev–Trinajstić information content (AvgIpc) is 2.81. The maximum absolute atomic E-state index is 12.4. The summed E-state index contributed by atoms with van der Waals surface area (Å²) in [7, 11) is 1.38. The zero-order valence-electron chi connectivity index (χ0n) is 13.7. The van der Waals surface area contributed by atoms with Crippen molar-refractivity contribution in [2.75, 3.05) is 25.7 Å². The van der Waals surface area contributed by atoms with Crippen molar-refractivity contribution in [1.82, 2.24) is 4.90 Å². The quantitative estimate of drug-likeness (QED) is 0.576. The van der Waals surface area contributed by atoms with Gasteiger partial charge in [-0.25, -0.2) is 9.59 Å². The summed E-state index contributed by atoms with van der Waals surface area (Å²) in [6.45, 7) is 6.03. The summed E-state index contributed by atoms with van der Waals surface area (Å²) in [6.07, 6.45) is 4.55. The molecule has 1 aliphatic rings. The second kappa shape index (κ2) is 7.38. The number of ether oxygens (including phenoxy) is 2. The van der Waals surface area contributed by atoms with Crippen LogP contribution in [0.2, 0.25) is 0 Å². The maximum Gasteiger partial charge on any atom is 0.411 e. The number of rotatable bonds is 5. The van der Waals surface area contributed by atoms with E-state index in [2.05, 4.69) is 0 Å². The molecule has 0 aromatic rings. The van der Waals surface area contributed by atoms with Crippen LogP contribution in [0.15, 0.2) is 0 Å². The normalized spacial score (nSPS) is 22.2. The molecule has 0 aromatic heterocycles. The van der Waals surface area contributed by atoms with E-state index in [1.54, 1.807) is 16.7 Å². The first-order chi connectivity index (χ1) is 9.77. The first kappa shape index (κ1) is 18.1. The van der Waals surface area contributed by atoms with Gasteiger partial charge < -0.3 is 9.47 Å². The Hall–Kier alpha value is -0.910. The van der Waals surface area contributed by atoms with E-state index in [0.29, 0.717) is 19.4 Å². The van der Waals surface area contributed by atoms with Gasteiger partial charge in [-0.2, -0.15) is 11.8 Å². The summed E-state index contributed by atoms with van der Waals surface area (Å²) in [5.41, 5.74) is -1.42. The fraction of sp³-hybridized carbons (Fsp3) is 0.867. The minimum absolute atomic E-state index is 0.327. The van der Waals surface area contributed by atoms with Crippen LogP contribution in [0.3, 0.4) is 0 Å². The molecular weight excluding hydrogens is 290 g/mol. The predicted octanol–water partition coefficient (Wildman–Crippen LogP) is 3.07. The first-order valence-corrected chi connectivity index (χ1v) is 8.74. The molecule has 1 saturated heterocycles. The monoisotopic (exact) mass is 317 g/mol. The topological polar surface area (TPSA) is 55.8 Å². The van der Waals surface area contributed by atoms with Crippen LogP contribution in [0.25, 0.3) is 0 Å². The Kier molecular flexibility index (Phi) is 6.38. The predicted molar refractivity (Wildman–Crippen MR) is 84.5 cm³/mol. The zero-order valence-corrected chi connectivity index (χ0v) is 14.5. The molecule has 0 bridgehead atoms. The molecule has 0 radical (unpaired) electrons. The number of nitrogens with zero attached hydrogens (tertiary/aromatic N) is 1. The van der Waals surface area contributed by atoms with E-state index in [0.717, 1.165) is 18.6 Å². The molecule has 0 saturated carbocycles. The van der Waals surface area contributed by atoms with Gasteiger partial charge in [0.2, 0.25) is 0 Å². The van der Waals surface area contributed by atoms with Crippen molar-refractivity contribution in [3.05, 3.63) is 0 Å². The van der Waals surface area contributed by atoms with Crippen LogP contribution in [0.5, 0.6) is 0 Å². The zero-order chi connectivity index (χ0) is 16.1. The van der Waals surface area contributed by atoms with Crippen LogP contribution in [0.1, 0.15) is 46.5 Å². The molecule has 0 spiro atoms. The number of esters is 1. The number of hydrogen-bond donors (Lipinski definition) is 0. The molecule has 1 fully saturated rings. The Morgan fingerprint density at radius 2 is 2.00 bits per heavy atom. The van der Waals surface area contributed by atoms with Crippen LogP contribution in [-0.4, -0.2) is 53.8 Å². The molecular formula is C15H27NO4S. The van der Waals surface area contributed by atoms with Crippen LogP contribution >= 0.6 is 11.8 Å². The summed E-state index contributed by atoms with van der Waals surface area (Å²) in [6, 6.07) is 0. The molecule has 5 nitrogen and oxygen atoms in total. The molecule has 1 aliphatic heterocycles. The van der Waals surface area contributed by atoms with Crippen LogP contribution in [0, 0.1) is 0 Å². The van der Waals surface area contributed by atoms with Crippen LogP contribution in [-0.2, 0) is 14.3 Å². The molecule has 0 aromatic carbocycles. The maximum atomic E-state index is 12.4. The van der Waals surface area contributed by atoms with Crippen LogP contribution in [0.4, 0.5) is 4.79 Å². The molecule has 21 heavy (non-hydrogen) atoms. The summed E-state index contributed by atoms with van der Waals surface area (Å²) < 4.78 is 10.4. The van der Waals surface area contributed by atoms with Crippen LogP contribution < -0.4 is 0 Å². The Balaban J connectivity index is 2.93. The van der Waals surface area contributed by atoms with E-state index in [1.165, 1.54) is 7.11 Å². The first-order valence-electron chi connectivity index (χ1n) is 7.35. The van der Waals surface area contributed by atoms with Gasteiger partial charge in [0.05, 0.1) is 7.11 Å². The van der Waals surface area contributed by atoms with Gasteiger partial charge in [-0.3, -0.25) is 4.90 Å². The van der Waals surface area contributed by atoms with E-state index >= 15 is 0 Å². The standard InChI is InChI=1S/C15H27NO4S/c1-14(2,3)20-13(18)16-10-6-8-15(16,12(17)19-4)9-7-11-21-5/h6-11H2,1-5H3. The van der Waals surface area contributed by atoms with Gasteiger partial charge in [-0.15, -0.1) is 0 Å². The summed E-state index contributed by atoms with van der Waals surface area (Å²) >= 11 is 1.74. The number of methoxy groups -OCH3 is 1. The number of likely N-dealkylation sites (tertiary alicyclic amines) is 1. The summed E-state index contributed by atoms with van der Waals surface area (Å²) in [5.74, 6) is 0.632. The van der Waals surface area contributed by atoms with Gasteiger partial charge in [0.25, 0.3) is 0 Å². The van der Waals surface area contributed by atoms with E-state index in [-0.39, 0.29) is 5.97 Å². The fourth-order valence-corrected chi connectivity index (χ4v) is 3.17. The summed E-state index contributed by atoms with van der Waals surface area (Å²) in [5, 5.41) is 0. The van der Waals surface area contributed by atoms with Gasteiger partial charge in [-0.1, -0.05) is 0 Å². The second-order valence-corrected chi connectivity index (χ2v) is 7.34. The third-order valence-electron chi connectivity index (χ3n) is 3.61. The molecule has 1 heterocycles. The number of carbonyl (C=O) groups excluding carboxylic acids is 2. The highest BCUT2D eigenvalue weighted by Crippen LogP contribution is 2.36. The van der Waals surface area contributed by atoms with Gasteiger partial charge in [0, 0.05) is 6.54 Å².